The Hall–Kier alpha value is -2.66. The standard InChI is InChI=1S/C23H24N2O2S/c1-3-4-17-11-18-21-20(12-17)27-10-9-25(21)14-19(22(18)28)23(26)24-13-16-7-5-15(2)6-8-16/h5-8,11-12,14H,3-4,9-10,13H2,1-2H3,(H,24,26). The first kappa shape index (κ1) is 18.7. The van der Waals surface area contributed by atoms with Crippen LogP contribution in [0.25, 0.3) is 10.9 Å². The molecular weight excluding hydrogens is 368 g/mol. The lowest BCUT2D eigenvalue weighted by atomic mass is 10.0. The van der Waals surface area contributed by atoms with Crippen LogP contribution < -0.4 is 10.1 Å². The van der Waals surface area contributed by atoms with Crippen LogP contribution >= 0.6 is 12.2 Å². The van der Waals surface area contributed by atoms with Crippen LogP contribution in [0.2, 0.25) is 0 Å². The first-order valence-corrected chi connectivity index (χ1v) is 10.1. The molecule has 0 bridgehead atoms. The number of aromatic nitrogens is 1. The van der Waals surface area contributed by atoms with E-state index in [2.05, 4.69) is 35.9 Å². The van der Waals surface area contributed by atoms with Gasteiger partial charge in [-0.2, -0.15) is 0 Å². The maximum atomic E-state index is 12.9. The van der Waals surface area contributed by atoms with Crippen molar-refractivity contribution in [1.82, 2.24) is 9.88 Å². The van der Waals surface area contributed by atoms with Gasteiger partial charge in [0.2, 0.25) is 0 Å². The average Bonchev–Trinajstić information content (AvgIpc) is 2.70. The Morgan fingerprint density at radius 1 is 1.21 bits per heavy atom. The van der Waals surface area contributed by atoms with Crippen molar-refractivity contribution in [3.8, 4) is 5.75 Å². The molecule has 1 aliphatic heterocycles. The summed E-state index contributed by atoms with van der Waals surface area (Å²) in [6.07, 6.45) is 3.89. The molecule has 0 fully saturated rings. The van der Waals surface area contributed by atoms with Crippen molar-refractivity contribution in [1.29, 1.82) is 0 Å². The van der Waals surface area contributed by atoms with E-state index in [9.17, 15) is 4.79 Å². The SMILES string of the molecule is CCCc1cc2c3c(c1)c(=S)c(C(=O)NCc1ccc(C)cc1)cn3CCO2. The molecule has 2 heterocycles. The van der Waals surface area contributed by atoms with Gasteiger partial charge in [0, 0.05) is 18.1 Å². The topological polar surface area (TPSA) is 43.3 Å². The molecule has 0 atom stereocenters. The summed E-state index contributed by atoms with van der Waals surface area (Å²) in [7, 11) is 0. The number of carbonyl (C=O) groups excluding carboxylic acids is 1. The predicted molar refractivity (Wildman–Crippen MR) is 115 cm³/mol. The zero-order valence-electron chi connectivity index (χ0n) is 16.2. The van der Waals surface area contributed by atoms with Gasteiger partial charge in [0.15, 0.2) is 0 Å². The van der Waals surface area contributed by atoms with E-state index in [1.54, 1.807) is 0 Å². The van der Waals surface area contributed by atoms with Gasteiger partial charge in [-0.1, -0.05) is 55.4 Å². The fourth-order valence-electron chi connectivity index (χ4n) is 3.68. The lowest BCUT2D eigenvalue weighted by molar-refractivity contribution is 0.0949. The molecule has 0 spiro atoms. The van der Waals surface area contributed by atoms with E-state index in [4.69, 9.17) is 17.0 Å². The summed E-state index contributed by atoms with van der Waals surface area (Å²) in [5.41, 5.74) is 5.01. The number of hydrogen-bond acceptors (Lipinski definition) is 3. The van der Waals surface area contributed by atoms with E-state index in [1.165, 1.54) is 11.1 Å². The number of ether oxygens (including phenoxy) is 1. The molecule has 2 aromatic carbocycles. The Labute approximate surface area is 170 Å². The zero-order valence-corrected chi connectivity index (χ0v) is 17.1. The quantitative estimate of drug-likeness (QED) is 0.625. The van der Waals surface area contributed by atoms with Crippen molar-refractivity contribution >= 4 is 29.0 Å². The van der Waals surface area contributed by atoms with E-state index >= 15 is 0 Å². The van der Waals surface area contributed by atoms with Crippen LogP contribution in [0.3, 0.4) is 0 Å². The third-order valence-electron chi connectivity index (χ3n) is 5.14. The second-order valence-electron chi connectivity index (χ2n) is 7.32. The minimum Gasteiger partial charge on any atom is -0.490 e. The number of amides is 1. The van der Waals surface area contributed by atoms with Crippen molar-refractivity contribution in [2.75, 3.05) is 6.61 Å². The molecule has 1 amide bonds. The number of nitrogens with one attached hydrogen (secondary N) is 1. The predicted octanol–water partition coefficient (Wildman–Crippen LogP) is 4.95. The number of carbonyl (C=O) groups is 1. The highest BCUT2D eigenvalue weighted by atomic mass is 32.1. The summed E-state index contributed by atoms with van der Waals surface area (Å²) < 4.78 is 8.58. The summed E-state index contributed by atoms with van der Waals surface area (Å²) >= 11 is 5.72. The van der Waals surface area contributed by atoms with Gasteiger partial charge in [-0.15, -0.1) is 0 Å². The smallest absolute Gasteiger partial charge is 0.254 e. The summed E-state index contributed by atoms with van der Waals surface area (Å²) in [6, 6.07) is 12.4. The van der Waals surface area contributed by atoms with Gasteiger partial charge in [0.1, 0.15) is 12.4 Å². The van der Waals surface area contributed by atoms with Crippen LogP contribution in [0.4, 0.5) is 0 Å². The number of nitrogens with zero attached hydrogens (tertiary/aromatic N) is 1. The second kappa shape index (κ2) is 7.76. The molecule has 4 rings (SSSR count). The maximum absolute atomic E-state index is 12.9. The molecule has 5 heteroatoms. The van der Waals surface area contributed by atoms with E-state index in [-0.39, 0.29) is 5.91 Å². The third-order valence-corrected chi connectivity index (χ3v) is 5.58. The number of aryl methyl sites for hydroxylation is 2. The van der Waals surface area contributed by atoms with Gasteiger partial charge < -0.3 is 14.6 Å². The molecule has 144 valence electrons. The molecular formula is C23H24N2O2S. The maximum Gasteiger partial charge on any atom is 0.254 e. The largest absolute Gasteiger partial charge is 0.490 e. The lowest BCUT2D eigenvalue weighted by Gasteiger charge is -2.23. The molecule has 3 aromatic rings. The molecule has 1 aliphatic rings. The van der Waals surface area contributed by atoms with Gasteiger partial charge >= 0.3 is 0 Å². The minimum atomic E-state index is -0.134. The monoisotopic (exact) mass is 392 g/mol. The summed E-state index contributed by atoms with van der Waals surface area (Å²) in [6.45, 7) is 6.00. The molecule has 4 nitrogen and oxygen atoms in total. The van der Waals surface area contributed by atoms with Crippen molar-refractivity contribution in [2.24, 2.45) is 0 Å². The van der Waals surface area contributed by atoms with Crippen molar-refractivity contribution in [3.63, 3.8) is 0 Å². The van der Waals surface area contributed by atoms with Crippen LogP contribution in [0, 0.1) is 11.4 Å². The fourth-order valence-corrected chi connectivity index (χ4v) is 3.98. The summed E-state index contributed by atoms with van der Waals surface area (Å²) in [5.74, 6) is 0.732. The Bertz CT molecular complexity index is 1100. The van der Waals surface area contributed by atoms with Gasteiger partial charge in [0.25, 0.3) is 5.91 Å². The first-order valence-electron chi connectivity index (χ1n) is 9.73. The first-order chi connectivity index (χ1) is 13.6. The number of rotatable bonds is 5. The van der Waals surface area contributed by atoms with Crippen LogP contribution in [-0.2, 0) is 19.5 Å². The Balaban J connectivity index is 1.71. The lowest BCUT2D eigenvalue weighted by Crippen LogP contribution is -2.25. The Morgan fingerprint density at radius 2 is 2.00 bits per heavy atom. The summed E-state index contributed by atoms with van der Waals surface area (Å²) in [5, 5.41) is 3.94. The van der Waals surface area contributed by atoms with E-state index in [0.717, 1.165) is 35.1 Å². The summed E-state index contributed by atoms with van der Waals surface area (Å²) in [4.78, 5) is 12.9. The fraction of sp³-hybridized carbons (Fsp3) is 0.304. The highest BCUT2D eigenvalue weighted by Crippen LogP contribution is 2.33. The Morgan fingerprint density at radius 3 is 2.75 bits per heavy atom. The zero-order chi connectivity index (χ0) is 19.7. The second-order valence-corrected chi connectivity index (χ2v) is 7.73. The molecule has 1 aromatic heterocycles. The van der Waals surface area contributed by atoms with Gasteiger partial charge in [-0.3, -0.25) is 4.79 Å². The van der Waals surface area contributed by atoms with Gasteiger partial charge in [-0.05, 0) is 36.6 Å². The van der Waals surface area contributed by atoms with Crippen molar-refractivity contribution < 1.29 is 9.53 Å². The van der Waals surface area contributed by atoms with Gasteiger partial charge in [0.05, 0.1) is 22.1 Å². The van der Waals surface area contributed by atoms with Gasteiger partial charge in [-0.25, -0.2) is 0 Å². The molecule has 0 unspecified atom stereocenters. The molecule has 1 N–H and O–H groups in total. The normalized spacial score (nSPS) is 12.6. The van der Waals surface area contributed by atoms with E-state index in [1.807, 2.05) is 30.5 Å². The number of benzene rings is 2. The highest BCUT2D eigenvalue weighted by Gasteiger charge is 2.19. The molecule has 0 radical (unpaired) electrons. The third kappa shape index (κ3) is 3.54. The highest BCUT2D eigenvalue weighted by molar-refractivity contribution is 7.71. The van der Waals surface area contributed by atoms with Crippen molar-refractivity contribution in [3.05, 3.63) is 69.4 Å². The average molecular weight is 393 g/mol. The molecule has 0 saturated carbocycles. The van der Waals surface area contributed by atoms with Crippen LogP contribution in [0.5, 0.6) is 5.75 Å². The van der Waals surface area contributed by atoms with Crippen LogP contribution in [0.1, 0.15) is 40.4 Å². The van der Waals surface area contributed by atoms with Crippen LogP contribution in [0.15, 0.2) is 42.6 Å². The van der Waals surface area contributed by atoms with E-state index < -0.39 is 0 Å². The van der Waals surface area contributed by atoms with E-state index in [0.29, 0.717) is 29.8 Å². The molecule has 0 saturated heterocycles. The minimum absolute atomic E-state index is 0.134. The van der Waals surface area contributed by atoms with Crippen molar-refractivity contribution in [2.45, 2.75) is 39.8 Å². The number of pyridine rings is 1. The Kier molecular flexibility index (Phi) is 5.18. The van der Waals surface area contributed by atoms with Crippen LogP contribution in [-0.4, -0.2) is 17.1 Å². The number of hydrogen-bond donors (Lipinski definition) is 1. The molecule has 0 aliphatic carbocycles. The molecule has 28 heavy (non-hydrogen) atoms.